The van der Waals surface area contributed by atoms with Crippen LogP contribution in [0, 0.1) is 6.92 Å². The van der Waals surface area contributed by atoms with Gasteiger partial charge < -0.3 is 10.2 Å². The molecule has 1 atom stereocenters. The van der Waals surface area contributed by atoms with Crippen LogP contribution < -0.4 is 9.62 Å². The van der Waals surface area contributed by atoms with Crippen LogP contribution in [0.4, 0.5) is 5.69 Å². The van der Waals surface area contributed by atoms with Gasteiger partial charge in [-0.2, -0.15) is 0 Å². The number of carbonyl (C=O) groups excluding carboxylic acids is 2. The lowest BCUT2D eigenvalue weighted by molar-refractivity contribution is -0.140. The predicted molar refractivity (Wildman–Crippen MR) is 168 cm³/mol. The fourth-order valence-electron chi connectivity index (χ4n) is 5.40. The molecule has 1 aliphatic rings. The van der Waals surface area contributed by atoms with Crippen molar-refractivity contribution in [3.05, 3.63) is 94.0 Å². The van der Waals surface area contributed by atoms with Gasteiger partial charge in [-0.25, -0.2) is 8.42 Å². The summed E-state index contributed by atoms with van der Waals surface area (Å²) in [5.74, 6) is -0.744. The average molecular weight is 631 g/mol. The number of benzene rings is 3. The largest absolute Gasteiger partial charge is 0.352 e. The lowest BCUT2D eigenvalue weighted by atomic mass is 9.95. The zero-order valence-electron chi connectivity index (χ0n) is 23.9. The molecule has 2 amide bonds. The van der Waals surface area contributed by atoms with Crippen molar-refractivity contribution < 1.29 is 18.0 Å². The highest BCUT2D eigenvalue weighted by Crippen LogP contribution is 2.30. The summed E-state index contributed by atoms with van der Waals surface area (Å²) >= 11 is 12.5. The standard InChI is InChI=1S/C32H37Cl2N3O4S/c1-3-30(32(39)35-27-13-6-4-7-14-27)36(21-24-12-10-11-23(2)17-24)31(38)22-37(28-19-25(33)18-26(34)20-28)42(40,41)29-15-8-5-9-16-29/h5,8-12,15-20,27,30H,3-4,6-7,13-14,21-22H2,1-2H3,(H,35,39)/t30-/m0/s1. The molecule has 42 heavy (non-hydrogen) atoms. The molecule has 3 aromatic carbocycles. The number of halogens is 2. The Morgan fingerprint density at radius 2 is 1.60 bits per heavy atom. The molecule has 0 aromatic heterocycles. The Kier molecular flexibility index (Phi) is 10.9. The van der Waals surface area contributed by atoms with Gasteiger partial charge >= 0.3 is 0 Å². The van der Waals surface area contributed by atoms with E-state index in [2.05, 4.69) is 5.32 Å². The van der Waals surface area contributed by atoms with Crippen LogP contribution in [0.3, 0.4) is 0 Å². The Balaban J connectivity index is 1.72. The van der Waals surface area contributed by atoms with Gasteiger partial charge in [0.25, 0.3) is 10.0 Å². The fraction of sp³-hybridized carbons (Fsp3) is 0.375. The second-order valence-corrected chi connectivity index (χ2v) is 13.5. The van der Waals surface area contributed by atoms with Crippen LogP contribution in [-0.4, -0.2) is 43.8 Å². The van der Waals surface area contributed by atoms with Crippen molar-refractivity contribution in [3.8, 4) is 0 Å². The van der Waals surface area contributed by atoms with Gasteiger partial charge in [-0.05, 0) is 62.1 Å². The van der Waals surface area contributed by atoms with Gasteiger partial charge in [-0.15, -0.1) is 0 Å². The molecule has 0 heterocycles. The molecule has 1 fully saturated rings. The van der Waals surface area contributed by atoms with Gasteiger partial charge in [0.15, 0.2) is 0 Å². The van der Waals surface area contributed by atoms with E-state index < -0.39 is 28.5 Å². The SMILES string of the molecule is CC[C@@H](C(=O)NC1CCCCC1)N(Cc1cccc(C)c1)C(=O)CN(c1cc(Cl)cc(Cl)c1)S(=O)(=O)c1ccccc1. The van der Waals surface area contributed by atoms with Crippen molar-refractivity contribution >= 4 is 50.7 Å². The molecule has 10 heteroatoms. The van der Waals surface area contributed by atoms with E-state index in [1.54, 1.807) is 18.2 Å². The molecule has 0 saturated heterocycles. The summed E-state index contributed by atoms with van der Waals surface area (Å²) in [5, 5.41) is 3.62. The van der Waals surface area contributed by atoms with E-state index in [-0.39, 0.29) is 39.1 Å². The van der Waals surface area contributed by atoms with E-state index >= 15 is 0 Å². The quantitative estimate of drug-likeness (QED) is 0.254. The fourth-order valence-corrected chi connectivity index (χ4v) is 7.34. The molecule has 1 saturated carbocycles. The number of amides is 2. The minimum atomic E-state index is -4.20. The summed E-state index contributed by atoms with van der Waals surface area (Å²) in [7, 11) is -4.20. The van der Waals surface area contributed by atoms with Crippen LogP contribution in [-0.2, 0) is 26.2 Å². The summed E-state index contributed by atoms with van der Waals surface area (Å²) in [6, 6.07) is 19.3. The van der Waals surface area contributed by atoms with Crippen LogP contribution in [0.15, 0.2) is 77.7 Å². The highest BCUT2D eigenvalue weighted by Gasteiger charge is 2.34. The molecule has 0 unspecified atom stereocenters. The molecule has 0 aliphatic heterocycles. The average Bonchev–Trinajstić information content (AvgIpc) is 2.96. The molecule has 1 N–H and O–H groups in total. The third-order valence-corrected chi connectivity index (χ3v) is 9.74. The first-order valence-corrected chi connectivity index (χ1v) is 16.5. The van der Waals surface area contributed by atoms with Gasteiger partial charge in [0.05, 0.1) is 10.6 Å². The topological polar surface area (TPSA) is 86.8 Å². The van der Waals surface area contributed by atoms with E-state index in [1.165, 1.54) is 35.2 Å². The molecule has 7 nitrogen and oxygen atoms in total. The smallest absolute Gasteiger partial charge is 0.264 e. The van der Waals surface area contributed by atoms with Crippen LogP contribution in [0.1, 0.15) is 56.6 Å². The van der Waals surface area contributed by atoms with Crippen molar-refractivity contribution in [3.63, 3.8) is 0 Å². The summed E-state index contributed by atoms with van der Waals surface area (Å²) in [4.78, 5) is 29.4. The highest BCUT2D eigenvalue weighted by molar-refractivity contribution is 7.92. The third kappa shape index (κ3) is 8.06. The van der Waals surface area contributed by atoms with Crippen LogP contribution in [0.5, 0.6) is 0 Å². The zero-order valence-corrected chi connectivity index (χ0v) is 26.3. The lowest BCUT2D eigenvalue weighted by Gasteiger charge is -2.34. The number of nitrogens with one attached hydrogen (secondary N) is 1. The van der Waals surface area contributed by atoms with Gasteiger partial charge in [0, 0.05) is 22.6 Å². The molecular formula is C32H37Cl2N3O4S. The minimum absolute atomic E-state index is 0.0150. The minimum Gasteiger partial charge on any atom is -0.352 e. The monoisotopic (exact) mass is 629 g/mol. The van der Waals surface area contributed by atoms with Gasteiger partial charge in [-0.3, -0.25) is 13.9 Å². The first-order valence-electron chi connectivity index (χ1n) is 14.3. The highest BCUT2D eigenvalue weighted by atomic mass is 35.5. The predicted octanol–water partition coefficient (Wildman–Crippen LogP) is 6.75. The molecule has 0 spiro atoms. The van der Waals surface area contributed by atoms with Crippen molar-refractivity contribution in [2.24, 2.45) is 0 Å². The molecule has 4 rings (SSSR count). The van der Waals surface area contributed by atoms with E-state index in [9.17, 15) is 18.0 Å². The van der Waals surface area contributed by atoms with E-state index in [4.69, 9.17) is 23.2 Å². The van der Waals surface area contributed by atoms with Crippen molar-refractivity contribution in [1.82, 2.24) is 10.2 Å². The zero-order chi connectivity index (χ0) is 30.3. The summed E-state index contributed by atoms with van der Waals surface area (Å²) in [5.41, 5.74) is 2.01. The van der Waals surface area contributed by atoms with Crippen LogP contribution >= 0.6 is 23.2 Å². The Morgan fingerprint density at radius 1 is 0.929 bits per heavy atom. The number of hydrogen-bond donors (Lipinski definition) is 1. The van der Waals surface area contributed by atoms with E-state index in [1.807, 2.05) is 38.1 Å². The summed E-state index contributed by atoms with van der Waals surface area (Å²) in [6.45, 7) is 3.41. The number of sulfonamides is 1. The summed E-state index contributed by atoms with van der Waals surface area (Å²) in [6.07, 6.45) is 5.45. The van der Waals surface area contributed by atoms with Gasteiger partial charge in [-0.1, -0.05) is 97.4 Å². The lowest BCUT2D eigenvalue weighted by Crippen LogP contribution is -2.54. The maximum atomic E-state index is 14.2. The van der Waals surface area contributed by atoms with Gasteiger partial charge in [0.2, 0.25) is 11.8 Å². The Labute approximate surface area is 258 Å². The van der Waals surface area contributed by atoms with Crippen molar-refractivity contribution in [2.45, 2.75) is 75.9 Å². The molecular weight excluding hydrogens is 593 g/mol. The Hall–Kier alpha value is -3.07. The molecule has 0 bridgehead atoms. The Morgan fingerprint density at radius 3 is 2.21 bits per heavy atom. The molecule has 224 valence electrons. The number of carbonyl (C=O) groups is 2. The first-order chi connectivity index (χ1) is 20.1. The number of aryl methyl sites for hydroxylation is 1. The third-order valence-electron chi connectivity index (χ3n) is 7.52. The van der Waals surface area contributed by atoms with E-state index in [0.717, 1.165) is 47.5 Å². The number of nitrogens with zero attached hydrogens (tertiary/aromatic N) is 2. The van der Waals surface area contributed by atoms with Crippen LogP contribution in [0.2, 0.25) is 10.0 Å². The second kappa shape index (κ2) is 14.4. The van der Waals surface area contributed by atoms with Crippen molar-refractivity contribution in [2.75, 3.05) is 10.8 Å². The number of anilines is 1. The molecule has 0 radical (unpaired) electrons. The van der Waals surface area contributed by atoms with Crippen LogP contribution in [0.25, 0.3) is 0 Å². The Bertz CT molecular complexity index is 1470. The number of rotatable bonds is 11. The second-order valence-electron chi connectivity index (χ2n) is 10.7. The first kappa shape index (κ1) is 31.9. The van der Waals surface area contributed by atoms with E-state index in [0.29, 0.717) is 6.42 Å². The molecule has 3 aromatic rings. The number of hydrogen-bond acceptors (Lipinski definition) is 4. The normalized spacial score (nSPS) is 14.7. The maximum absolute atomic E-state index is 14.2. The summed E-state index contributed by atoms with van der Waals surface area (Å²) < 4.78 is 28.9. The van der Waals surface area contributed by atoms with Crippen molar-refractivity contribution in [1.29, 1.82) is 0 Å². The van der Waals surface area contributed by atoms with Gasteiger partial charge in [0.1, 0.15) is 12.6 Å². The molecule has 1 aliphatic carbocycles. The maximum Gasteiger partial charge on any atom is 0.264 e.